The fourth-order valence-corrected chi connectivity index (χ4v) is 3.55. The third kappa shape index (κ3) is 9.08. The van der Waals surface area contributed by atoms with E-state index in [9.17, 15) is 22.8 Å². The van der Waals surface area contributed by atoms with Crippen molar-refractivity contribution in [2.45, 2.75) is 65.1 Å². The molecule has 0 fully saturated rings. The Bertz CT molecular complexity index is 684. The summed E-state index contributed by atoms with van der Waals surface area (Å²) < 4.78 is 46.3. The van der Waals surface area contributed by atoms with Gasteiger partial charge in [-0.1, -0.05) is 32.9 Å². The van der Waals surface area contributed by atoms with Crippen molar-refractivity contribution >= 4 is 28.0 Å². The Hall–Kier alpha value is -2.20. The van der Waals surface area contributed by atoms with E-state index in [-0.39, 0.29) is 25.9 Å². The largest absolute Gasteiger partial charge is 0.465 e. The average Bonchev–Trinajstić information content (AvgIpc) is 2.66. The molecular weight excluding hydrogens is 416 g/mol. The van der Waals surface area contributed by atoms with Crippen molar-refractivity contribution in [2.24, 2.45) is 5.41 Å². The number of unbranched alkanes of at least 4 members (excludes halogenated alkanes) is 2. The van der Waals surface area contributed by atoms with Crippen LogP contribution in [0.25, 0.3) is 0 Å². The van der Waals surface area contributed by atoms with Gasteiger partial charge >= 0.3 is 17.9 Å². The number of hydrogen-bond donors (Lipinski definition) is 1. The molecule has 10 heteroatoms. The first-order valence-corrected chi connectivity index (χ1v) is 11.3. The van der Waals surface area contributed by atoms with Gasteiger partial charge in [0.05, 0.1) is 12.4 Å². The zero-order valence-corrected chi connectivity index (χ0v) is 18.6. The first-order valence-electron chi connectivity index (χ1n) is 9.73. The predicted octanol–water partition coefficient (Wildman–Crippen LogP) is 2.61. The third-order valence-corrected chi connectivity index (χ3v) is 5.53. The highest BCUT2D eigenvalue weighted by atomic mass is 32.2. The Morgan fingerprint density at radius 1 is 1.00 bits per heavy atom. The van der Waals surface area contributed by atoms with E-state index in [0.717, 1.165) is 12.2 Å². The van der Waals surface area contributed by atoms with Gasteiger partial charge < -0.3 is 14.2 Å². The van der Waals surface area contributed by atoms with Crippen LogP contribution in [0.15, 0.2) is 25.3 Å². The van der Waals surface area contributed by atoms with Crippen LogP contribution in [0.3, 0.4) is 0 Å². The lowest BCUT2D eigenvalue weighted by Crippen LogP contribution is -2.53. The summed E-state index contributed by atoms with van der Waals surface area (Å²) in [6.45, 7) is 11.5. The molecule has 1 N–H and O–H groups in total. The fraction of sp³-hybridized carbons (Fsp3) is 0.650. The highest BCUT2D eigenvalue weighted by Gasteiger charge is 2.52. The minimum Gasteiger partial charge on any atom is -0.465 e. The molecule has 0 bridgehead atoms. The quantitative estimate of drug-likeness (QED) is 0.132. The average molecular weight is 449 g/mol. The molecule has 0 aromatic heterocycles. The maximum atomic E-state index is 13.1. The van der Waals surface area contributed by atoms with Crippen LogP contribution in [0, 0.1) is 5.41 Å². The molecule has 0 aromatic carbocycles. The molecular formula is C20H32O9S. The van der Waals surface area contributed by atoms with Gasteiger partial charge in [0.1, 0.15) is 17.6 Å². The Morgan fingerprint density at radius 2 is 1.50 bits per heavy atom. The SMILES string of the molecule is C=CC(=O)OC(C)C(CCCC)(C(=O)OCCCCS(=O)(=O)O)C(C)OC(=O)C=C. The van der Waals surface area contributed by atoms with E-state index in [1.54, 1.807) is 0 Å². The van der Waals surface area contributed by atoms with Gasteiger partial charge in [0.25, 0.3) is 10.1 Å². The van der Waals surface area contributed by atoms with Crippen LogP contribution in [-0.2, 0) is 38.7 Å². The van der Waals surface area contributed by atoms with Gasteiger partial charge in [-0.15, -0.1) is 0 Å². The normalized spacial score (nSPS) is 15.2. The summed E-state index contributed by atoms with van der Waals surface area (Å²) in [7, 11) is -4.10. The minimum absolute atomic E-state index is 0.0933. The molecule has 0 radical (unpaired) electrons. The van der Waals surface area contributed by atoms with E-state index in [0.29, 0.717) is 12.8 Å². The van der Waals surface area contributed by atoms with Crippen molar-refractivity contribution in [3.05, 3.63) is 25.3 Å². The van der Waals surface area contributed by atoms with Crippen molar-refractivity contribution in [1.29, 1.82) is 0 Å². The van der Waals surface area contributed by atoms with Gasteiger partial charge in [0.2, 0.25) is 0 Å². The van der Waals surface area contributed by atoms with Gasteiger partial charge in [0, 0.05) is 12.2 Å². The maximum Gasteiger partial charge on any atom is 0.330 e. The molecule has 0 aliphatic rings. The number of hydrogen-bond acceptors (Lipinski definition) is 8. The third-order valence-electron chi connectivity index (χ3n) is 4.72. The maximum absolute atomic E-state index is 13.1. The van der Waals surface area contributed by atoms with Crippen molar-refractivity contribution < 1.29 is 41.6 Å². The van der Waals surface area contributed by atoms with E-state index in [2.05, 4.69) is 13.2 Å². The van der Waals surface area contributed by atoms with Crippen LogP contribution in [0.2, 0.25) is 0 Å². The molecule has 0 aromatic rings. The van der Waals surface area contributed by atoms with Gasteiger partial charge in [-0.25, -0.2) is 9.59 Å². The summed E-state index contributed by atoms with van der Waals surface area (Å²) in [4.78, 5) is 36.7. The molecule has 0 rings (SSSR count). The summed E-state index contributed by atoms with van der Waals surface area (Å²) in [5.74, 6) is -2.68. The molecule has 0 saturated carbocycles. The number of carbonyl (C=O) groups excluding carboxylic acids is 3. The molecule has 9 nitrogen and oxygen atoms in total. The lowest BCUT2D eigenvalue weighted by atomic mass is 9.73. The molecule has 172 valence electrons. The van der Waals surface area contributed by atoms with Crippen LogP contribution in [0.5, 0.6) is 0 Å². The van der Waals surface area contributed by atoms with E-state index >= 15 is 0 Å². The van der Waals surface area contributed by atoms with Crippen LogP contribution in [0.4, 0.5) is 0 Å². The Balaban J connectivity index is 5.67. The summed E-state index contributed by atoms with van der Waals surface area (Å²) in [5.41, 5.74) is -1.49. The zero-order chi connectivity index (χ0) is 23.4. The van der Waals surface area contributed by atoms with Gasteiger partial charge in [-0.3, -0.25) is 9.35 Å². The molecule has 0 aliphatic heterocycles. The van der Waals surface area contributed by atoms with Crippen molar-refractivity contribution in [1.82, 2.24) is 0 Å². The standard InChI is InChI=1S/C20H32O9S/c1-6-9-12-20(15(4)28-17(21)7-2,16(5)29-18(22)8-3)19(23)27-13-10-11-14-30(24,25)26/h7-8,15-16H,2-3,6,9-14H2,1,4-5H3,(H,24,25,26). The van der Waals surface area contributed by atoms with Crippen LogP contribution >= 0.6 is 0 Å². The lowest BCUT2D eigenvalue weighted by molar-refractivity contribution is -0.188. The minimum atomic E-state index is -4.10. The molecule has 0 aliphatic carbocycles. The first kappa shape index (κ1) is 27.8. The van der Waals surface area contributed by atoms with Crippen LogP contribution in [-0.4, -0.2) is 55.4 Å². The lowest BCUT2D eigenvalue weighted by Gasteiger charge is -2.40. The molecule has 2 unspecified atom stereocenters. The summed E-state index contributed by atoms with van der Waals surface area (Å²) in [6, 6.07) is 0. The number of carbonyl (C=O) groups is 3. The van der Waals surface area contributed by atoms with Crippen molar-refractivity contribution in [2.75, 3.05) is 12.4 Å². The summed E-state index contributed by atoms with van der Waals surface area (Å²) in [5, 5.41) is 0. The Kier molecular flexibility index (Phi) is 12.2. The van der Waals surface area contributed by atoms with E-state index in [1.165, 1.54) is 13.8 Å². The molecule has 0 heterocycles. The molecule has 2 atom stereocenters. The van der Waals surface area contributed by atoms with Crippen LogP contribution < -0.4 is 0 Å². The first-order chi connectivity index (χ1) is 13.9. The predicted molar refractivity (Wildman–Crippen MR) is 110 cm³/mol. The van der Waals surface area contributed by atoms with E-state index in [1.807, 2.05) is 6.92 Å². The van der Waals surface area contributed by atoms with Crippen LogP contribution in [0.1, 0.15) is 52.9 Å². The number of rotatable bonds is 15. The topological polar surface area (TPSA) is 133 Å². The number of esters is 3. The van der Waals surface area contributed by atoms with Gasteiger partial charge in [-0.2, -0.15) is 8.42 Å². The Labute approximate surface area is 178 Å². The molecule has 0 saturated heterocycles. The smallest absolute Gasteiger partial charge is 0.330 e. The molecule has 0 spiro atoms. The van der Waals surface area contributed by atoms with E-state index < -0.39 is 51.4 Å². The Morgan fingerprint density at radius 3 is 1.90 bits per heavy atom. The second-order valence-corrected chi connectivity index (χ2v) is 8.41. The van der Waals surface area contributed by atoms with Gasteiger partial charge in [-0.05, 0) is 33.1 Å². The molecule has 30 heavy (non-hydrogen) atoms. The van der Waals surface area contributed by atoms with Crippen molar-refractivity contribution in [3.8, 4) is 0 Å². The monoisotopic (exact) mass is 448 g/mol. The van der Waals surface area contributed by atoms with Crippen molar-refractivity contribution in [3.63, 3.8) is 0 Å². The highest BCUT2D eigenvalue weighted by molar-refractivity contribution is 7.85. The van der Waals surface area contributed by atoms with Gasteiger partial charge in [0.15, 0.2) is 0 Å². The molecule has 0 amide bonds. The highest BCUT2D eigenvalue weighted by Crippen LogP contribution is 2.38. The second kappa shape index (κ2) is 13.2. The fourth-order valence-electron chi connectivity index (χ4n) is 2.98. The number of ether oxygens (including phenoxy) is 3. The second-order valence-electron chi connectivity index (χ2n) is 6.84. The summed E-state index contributed by atoms with van der Waals surface area (Å²) >= 11 is 0. The van der Waals surface area contributed by atoms with E-state index in [4.69, 9.17) is 18.8 Å². The summed E-state index contributed by atoms with van der Waals surface area (Å²) in [6.07, 6.45) is 1.68. The zero-order valence-electron chi connectivity index (χ0n) is 17.8.